The van der Waals surface area contributed by atoms with Crippen molar-refractivity contribution in [2.45, 2.75) is 6.92 Å². The number of hydrogen-bond acceptors (Lipinski definition) is 4. The number of hydrogen-bond donors (Lipinski definition) is 0. The fourth-order valence-electron chi connectivity index (χ4n) is 1.34. The lowest BCUT2D eigenvalue weighted by Gasteiger charge is -2.09. The lowest BCUT2D eigenvalue weighted by Crippen LogP contribution is -2.08. The van der Waals surface area contributed by atoms with Crippen molar-refractivity contribution in [3.63, 3.8) is 0 Å². The quantitative estimate of drug-likeness (QED) is 0.450. The molecule has 0 fully saturated rings. The van der Waals surface area contributed by atoms with Crippen LogP contribution in [-0.2, 0) is 9.53 Å². The normalized spacial score (nSPS) is 10.6. The van der Waals surface area contributed by atoms with Crippen molar-refractivity contribution >= 4 is 11.7 Å². The number of para-hydroxylation sites is 1. The molecule has 0 aliphatic heterocycles. The van der Waals surface area contributed by atoms with Crippen LogP contribution in [0.5, 0.6) is 5.75 Å². The molecule has 0 N–H and O–H groups in total. The van der Waals surface area contributed by atoms with Gasteiger partial charge in [-0.05, 0) is 19.1 Å². The zero-order valence-corrected chi connectivity index (χ0v) is 10.5. The van der Waals surface area contributed by atoms with Gasteiger partial charge in [-0.1, -0.05) is 18.1 Å². The van der Waals surface area contributed by atoms with Gasteiger partial charge in [0.25, 0.3) is 0 Å². The van der Waals surface area contributed by atoms with Crippen molar-refractivity contribution in [3.8, 4) is 18.1 Å². The number of nitrogens with zero attached hydrogens (tertiary/aromatic N) is 1. The van der Waals surface area contributed by atoms with Crippen LogP contribution in [0.25, 0.3) is 0 Å². The minimum absolute atomic E-state index is 0.00813. The van der Waals surface area contributed by atoms with Crippen LogP contribution in [0.2, 0.25) is 0 Å². The Morgan fingerprint density at radius 3 is 2.83 bits per heavy atom. The van der Waals surface area contributed by atoms with E-state index in [9.17, 15) is 4.79 Å². The summed E-state index contributed by atoms with van der Waals surface area (Å²) >= 11 is 0. The summed E-state index contributed by atoms with van der Waals surface area (Å²) in [6.07, 6.45) is 5.15. The lowest BCUT2D eigenvalue weighted by atomic mass is 10.1. The van der Waals surface area contributed by atoms with Crippen LogP contribution < -0.4 is 4.74 Å². The Morgan fingerprint density at radius 1 is 1.44 bits per heavy atom. The molecule has 0 saturated carbocycles. The molecule has 0 atom stereocenters. The van der Waals surface area contributed by atoms with Gasteiger partial charge in [0.05, 0.1) is 7.11 Å². The largest absolute Gasteiger partial charge is 0.480 e. The summed E-state index contributed by atoms with van der Waals surface area (Å²) < 4.78 is 9.94. The van der Waals surface area contributed by atoms with Gasteiger partial charge >= 0.3 is 5.97 Å². The molecular formula is C14H15NO3. The smallest absolute Gasteiger partial charge is 0.327 e. The summed E-state index contributed by atoms with van der Waals surface area (Å²) in [6, 6.07) is 7.39. The van der Waals surface area contributed by atoms with Crippen LogP contribution in [0.3, 0.4) is 0 Å². The van der Waals surface area contributed by atoms with Gasteiger partial charge in [-0.2, -0.15) is 0 Å². The average molecular weight is 245 g/mol. The molecule has 0 aliphatic carbocycles. The minimum Gasteiger partial charge on any atom is -0.480 e. The number of aliphatic imine (C=N–C) groups is 1. The van der Waals surface area contributed by atoms with Gasteiger partial charge in [-0.25, -0.2) is 0 Å². The maximum Gasteiger partial charge on any atom is 0.327 e. The second-order valence-corrected chi connectivity index (χ2v) is 3.47. The monoisotopic (exact) mass is 245 g/mol. The Bertz CT molecular complexity index is 486. The summed E-state index contributed by atoms with van der Waals surface area (Å²) in [7, 11) is 1.33. The molecule has 0 amide bonds. The molecule has 0 heterocycles. The lowest BCUT2D eigenvalue weighted by molar-refractivity contribution is -0.138. The Balaban J connectivity index is 2.87. The molecule has 0 aromatic heterocycles. The molecule has 1 rings (SSSR count). The minimum atomic E-state index is -0.378. The van der Waals surface area contributed by atoms with Crippen LogP contribution >= 0.6 is 0 Å². The number of esters is 1. The number of carbonyl (C=O) groups is 1. The van der Waals surface area contributed by atoms with E-state index in [1.165, 1.54) is 7.11 Å². The third kappa shape index (κ3) is 3.95. The first kappa shape index (κ1) is 13.8. The molecule has 94 valence electrons. The zero-order chi connectivity index (χ0) is 13.4. The van der Waals surface area contributed by atoms with E-state index >= 15 is 0 Å². The van der Waals surface area contributed by atoms with Gasteiger partial charge in [-0.3, -0.25) is 9.79 Å². The first-order valence-electron chi connectivity index (χ1n) is 5.42. The fraction of sp³-hybridized carbons (Fsp3) is 0.286. The Kier molecular flexibility index (Phi) is 5.46. The fourth-order valence-corrected chi connectivity index (χ4v) is 1.34. The van der Waals surface area contributed by atoms with E-state index in [2.05, 4.69) is 15.6 Å². The number of benzene rings is 1. The molecule has 0 saturated heterocycles. The third-order valence-electron chi connectivity index (χ3n) is 2.26. The molecule has 0 unspecified atom stereocenters. The highest BCUT2D eigenvalue weighted by Crippen LogP contribution is 2.18. The number of rotatable bonds is 5. The number of carbonyl (C=O) groups excluding carboxylic acids is 1. The van der Waals surface area contributed by atoms with Crippen LogP contribution in [0.15, 0.2) is 29.3 Å². The van der Waals surface area contributed by atoms with Gasteiger partial charge in [0.2, 0.25) is 0 Å². The summed E-state index contributed by atoms with van der Waals surface area (Å²) in [6.45, 7) is 1.99. The van der Waals surface area contributed by atoms with Crippen LogP contribution in [-0.4, -0.2) is 31.9 Å². The summed E-state index contributed by atoms with van der Waals surface area (Å²) in [5, 5.41) is 0. The Labute approximate surface area is 107 Å². The topological polar surface area (TPSA) is 47.9 Å². The van der Waals surface area contributed by atoms with Gasteiger partial charge in [-0.15, -0.1) is 6.42 Å². The van der Waals surface area contributed by atoms with Gasteiger partial charge in [0.1, 0.15) is 18.9 Å². The van der Waals surface area contributed by atoms with E-state index in [-0.39, 0.29) is 19.1 Å². The van der Waals surface area contributed by atoms with Crippen molar-refractivity contribution in [3.05, 3.63) is 29.8 Å². The molecule has 0 spiro atoms. The molecule has 0 bridgehead atoms. The summed E-state index contributed by atoms with van der Waals surface area (Å²) in [4.78, 5) is 15.2. The van der Waals surface area contributed by atoms with Crippen molar-refractivity contribution in [1.82, 2.24) is 0 Å². The van der Waals surface area contributed by atoms with E-state index in [1.54, 1.807) is 6.92 Å². The second-order valence-electron chi connectivity index (χ2n) is 3.47. The Morgan fingerprint density at radius 2 is 2.17 bits per heavy atom. The molecular weight excluding hydrogens is 230 g/mol. The first-order chi connectivity index (χ1) is 8.69. The zero-order valence-electron chi connectivity index (χ0n) is 10.5. The van der Waals surface area contributed by atoms with Crippen LogP contribution in [0, 0.1) is 12.3 Å². The highest BCUT2D eigenvalue weighted by atomic mass is 16.5. The maximum absolute atomic E-state index is 11.0. The highest BCUT2D eigenvalue weighted by molar-refractivity contribution is 6.01. The van der Waals surface area contributed by atoms with E-state index in [1.807, 2.05) is 24.3 Å². The second kappa shape index (κ2) is 7.13. The summed E-state index contributed by atoms with van der Waals surface area (Å²) in [5.74, 6) is 2.68. The van der Waals surface area contributed by atoms with Crippen molar-refractivity contribution in [1.29, 1.82) is 0 Å². The van der Waals surface area contributed by atoms with Gasteiger partial charge < -0.3 is 9.47 Å². The standard InChI is InChI=1S/C14H15NO3/c1-4-9-18-13-8-6-5-7-12(13)11(2)15-10-14(16)17-3/h1,5-8H,9-10H2,2-3H3. The predicted molar refractivity (Wildman–Crippen MR) is 69.9 cm³/mol. The molecule has 4 heteroatoms. The van der Waals surface area contributed by atoms with Gasteiger partial charge in [0, 0.05) is 11.3 Å². The van der Waals surface area contributed by atoms with E-state index in [4.69, 9.17) is 11.2 Å². The third-order valence-corrected chi connectivity index (χ3v) is 2.26. The van der Waals surface area contributed by atoms with Crippen molar-refractivity contribution in [2.75, 3.05) is 20.3 Å². The molecule has 0 radical (unpaired) electrons. The van der Waals surface area contributed by atoms with Crippen LogP contribution in [0.4, 0.5) is 0 Å². The van der Waals surface area contributed by atoms with E-state index in [0.29, 0.717) is 11.5 Å². The van der Waals surface area contributed by atoms with Crippen LogP contribution in [0.1, 0.15) is 12.5 Å². The highest BCUT2D eigenvalue weighted by Gasteiger charge is 2.06. The number of methoxy groups -OCH3 is 1. The van der Waals surface area contributed by atoms with E-state index in [0.717, 1.165) is 5.56 Å². The molecule has 4 nitrogen and oxygen atoms in total. The average Bonchev–Trinajstić information content (AvgIpc) is 2.42. The number of terminal acetylenes is 1. The molecule has 0 aliphatic rings. The predicted octanol–water partition coefficient (Wildman–Crippen LogP) is 1.68. The SMILES string of the molecule is C#CCOc1ccccc1C(C)=NCC(=O)OC. The number of ether oxygens (including phenoxy) is 2. The van der Waals surface area contributed by atoms with Crippen molar-refractivity contribution in [2.24, 2.45) is 4.99 Å². The molecule has 1 aromatic carbocycles. The molecule has 1 aromatic rings. The van der Waals surface area contributed by atoms with Gasteiger partial charge in [0.15, 0.2) is 0 Å². The molecule has 18 heavy (non-hydrogen) atoms. The van der Waals surface area contributed by atoms with E-state index < -0.39 is 0 Å². The van der Waals surface area contributed by atoms with Crippen molar-refractivity contribution < 1.29 is 14.3 Å². The summed E-state index contributed by atoms with van der Waals surface area (Å²) in [5.41, 5.74) is 1.52. The maximum atomic E-state index is 11.0. The Hall–Kier alpha value is -2.28. The first-order valence-corrected chi connectivity index (χ1v) is 5.42.